The maximum Gasteiger partial charge on any atom is 0.339 e. The molecule has 2 rings (SSSR count). The average molecular weight is 236 g/mol. The third-order valence-corrected chi connectivity index (χ3v) is 3.05. The minimum absolute atomic E-state index is 0.0945. The van der Waals surface area contributed by atoms with Gasteiger partial charge in [0.25, 0.3) is 0 Å². The Morgan fingerprint density at radius 3 is 2.82 bits per heavy atom. The van der Waals surface area contributed by atoms with Crippen LogP contribution in [0.25, 0.3) is 0 Å². The molecule has 2 N–H and O–H groups in total. The maximum atomic E-state index is 11.2. The quantitative estimate of drug-likeness (QED) is 0.728. The summed E-state index contributed by atoms with van der Waals surface area (Å²) in [4.78, 5) is 15.4. The van der Waals surface area contributed by atoms with Crippen molar-refractivity contribution >= 4 is 5.97 Å². The molecule has 5 heteroatoms. The van der Waals surface area contributed by atoms with Gasteiger partial charge >= 0.3 is 5.97 Å². The summed E-state index contributed by atoms with van der Waals surface area (Å²) < 4.78 is 4.59. The van der Waals surface area contributed by atoms with Crippen molar-refractivity contribution in [3.63, 3.8) is 0 Å². The number of methoxy groups -OCH3 is 1. The van der Waals surface area contributed by atoms with Gasteiger partial charge in [-0.15, -0.1) is 0 Å². The maximum absolute atomic E-state index is 11.2. The van der Waals surface area contributed by atoms with E-state index in [1.54, 1.807) is 12.1 Å². The fraction of sp³-hybridized carbons (Fsp3) is 0.500. The number of carbonyl (C=O) groups is 1. The van der Waals surface area contributed by atoms with Crippen molar-refractivity contribution in [2.24, 2.45) is 0 Å². The lowest BCUT2D eigenvalue weighted by atomic mass is 10.2. The summed E-state index contributed by atoms with van der Waals surface area (Å²) in [5.41, 5.74) is 1.19. The Bertz CT molecular complexity index is 399. The largest absolute Gasteiger partial charge is 0.465 e. The van der Waals surface area contributed by atoms with Crippen molar-refractivity contribution in [1.82, 2.24) is 10.3 Å². The van der Waals surface area contributed by atoms with Crippen LogP contribution in [0, 0.1) is 0 Å². The van der Waals surface area contributed by atoms with E-state index in [1.807, 2.05) is 0 Å². The van der Waals surface area contributed by atoms with Gasteiger partial charge in [-0.2, -0.15) is 0 Å². The van der Waals surface area contributed by atoms with Crippen LogP contribution in [-0.4, -0.2) is 35.3 Å². The number of nitrogens with zero attached hydrogens (tertiary/aromatic N) is 1. The van der Waals surface area contributed by atoms with Crippen molar-refractivity contribution < 1.29 is 14.6 Å². The highest BCUT2D eigenvalue weighted by Crippen LogP contribution is 2.34. The first-order valence-electron chi connectivity index (χ1n) is 5.58. The third-order valence-electron chi connectivity index (χ3n) is 3.05. The highest BCUT2D eigenvalue weighted by molar-refractivity contribution is 5.88. The van der Waals surface area contributed by atoms with E-state index in [-0.39, 0.29) is 18.1 Å². The number of carbonyl (C=O) groups excluding carboxylic acids is 1. The van der Waals surface area contributed by atoms with E-state index >= 15 is 0 Å². The first-order valence-corrected chi connectivity index (χ1v) is 5.58. The van der Waals surface area contributed by atoms with Gasteiger partial charge in [0.15, 0.2) is 0 Å². The molecule has 0 spiro atoms. The zero-order valence-electron chi connectivity index (χ0n) is 9.77. The van der Waals surface area contributed by atoms with E-state index in [4.69, 9.17) is 5.11 Å². The number of aliphatic hydroxyl groups is 1. The summed E-state index contributed by atoms with van der Waals surface area (Å²) in [7, 11) is 1.34. The van der Waals surface area contributed by atoms with E-state index in [9.17, 15) is 4.79 Å². The lowest BCUT2D eigenvalue weighted by Crippen LogP contribution is -2.34. The van der Waals surface area contributed by atoms with Gasteiger partial charge in [-0.25, -0.2) is 4.79 Å². The molecule has 5 nitrogen and oxygen atoms in total. The molecule has 0 aliphatic heterocycles. The molecule has 0 saturated heterocycles. The molecule has 0 atom stereocenters. The van der Waals surface area contributed by atoms with E-state index in [0.717, 1.165) is 18.5 Å². The van der Waals surface area contributed by atoms with Gasteiger partial charge in [-0.05, 0) is 25.0 Å². The second kappa shape index (κ2) is 4.81. The van der Waals surface area contributed by atoms with E-state index < -0.39 is 0 Å². The zero-order valence-corrected chi connectivity index (χ0v) is 9.77. The molecule has 1 heterocycles. The van der Waals surface area contributed by atoms with Gasteiger partial charge in [0.05, 0.1) is 25.0 Å². The predicted octanol–water partition coefficient (Wildman–Crippen LogP) is 0.483. The van der Waals surface area contributed by atoms with Crippen LogP contribution in [0.2, 0.25) is 0 Å². The van der Waals surface area contributed by atoms with Crippen LogP contribution in [0.15, 0.2) is 18.3 Å². The minimum atomic E-state index is -0.383. The number of nitrogens with one attached hydrogen (secondary N) is 1. The first-order chi connectivity index (χ1) is 8.19. The Labute approximate surface area is 99.8 Å². The molecule has 0 aromatic carbocycles. The van der Waals surface area contributed by atoms with Crippen LogP contribution in [0.4, 0.5) is 0 Å². The lowest BCUT2D eigenvalue weighted by molar-refractivity contribution is 0.0600. The summed E-state index contributed by atoms with van der Waals surface area (Å²) in [5, 5.41) is 12.4. The van der Waals surface area contributed by atoms with Crippen LogP contribution < -0.4 is 5.32 Å². The highest BCUT2D eigenvalue weighted by Gasteiger charge is 2.41. The van der Waals surface area contributed by atoms with E-state index in [0.29, 0.717) is 12.1 Å². The molecule has 0 bridgehead atoms. The van der Waals surface area contributed by atoms with Gasteiger partial charge in [-0.1, -0.05) is 0 Å². The van der Waals surface area contributed by atoms with Crippen LogP contribution >= 0.6 is 0 Å². The number of aliphatic hydroxyl groups excluding tert-OH is 1. The van der Waals surface area contributed by atoms with Gasteiger partial charge in [0.2, 0.25) is 0 Å². The molecule has 17 heavy (non-hydrogen) atoms. The van der Waals surface area contributed by atoms with Gasteiger partial charge in [0.1, 0.15) is 0 Å². The number of hydrogen-bond acceptors (Lipinski definition) is 5. The van der Waals surface area contributed by atoms with Crippen LogP contribution in [0.1, 0.15) is 28.9 Å². The summed E-state index contributed by atoms with van der Waals surface area (Å²) in [6.45, 7) is 0.759. The molecule has 1 aromatic heterocycles. The number of ether oxygens (including phenoxy) is 1. The van der Waals surface area contributed by atoms with Crippen molar-refractivity contribution in [2.45, 2.75) is 24.9 Å². The van der Waals surface area contributed by atoms with E-state index in [2.05, 4.69) is 15.0 Å². The first kappa shape index (κ1) is 12.0. The number of esters is 1. The summed E-state index contributed by atoms with van der Waals surface area (Å²) in [5.74, 6) is -0.383. The predicted molar refractivity (Wildman–Crippen MR) is 61.5 cm³/mol. The topological polar surface area (TPSA) is 71.5 Å². The van der Waals surface area contributed by atoms with Crippen LogP contribution in [0.3, 0.4) is 0 Å². The number of rotatable bonds is 5. The molecule has 1 aliphatic rings. The Morgan fingerprint density at radius 1 is 1.59 bits per heavy atom. The van der Waals surface area contributed by atoms with Crippen LogP contribution in [0.5, 0.6) is 0 Å². The van der Waals surface area contributed by atoms with Crippen molar-refractivity contribution in [3.8, 4) is 0 Å². The Morgan fingerprint density at radius 2 is 2.35 bits per heavy atom. The molecular formula is C12H16N2O3. The SMILES string of the molecule is COC(=O)c1ccc(CNC2(CO)CC2)nc1. The number of aromatic nitrogens is 1. The fourth-order valence-electron chi connectivity index (χ4n) is 1.59. The molecule has 1 fully saturated rings. The normalized spacial score (nSPS) is 16.6. The highest BCUT2D eigenvalue weighted by atomic mass is 16.5. The van der Waals surface area contributed by atoms with Gasteiger partial charge in [0, 0.05) is 18.3 Å². The Hall–Kier alpha value is -1.46. The molecule has 0 amide bonds. The average Bonchev–Trinajstić information content (AvgIpc) is 3.17. The molecule has 0 unspecified atom stereocenters. The van der Waals surface area contributed by atoms with Crippen molar-refractivity contribution in [2.75, 3.05) is 13.7 Å². The molecule has 0 radical (unpaired) electrons. The van der Waals surface area contributed by atoms with E-state index in [1.165, 1.54) is 13.3 Å². The van der Waals surface area contributed by atoms with Crippen molar-refractivity contribution in [3.05, 3.63) is 29.6 Å². The van der Waals surface area contributed by atoms with Gasteiger partial charge < -0.3 is 15.2 Å². The molecule has 1 aromatic rings. The van der Waals surface area contributed by atoms with Crippen molar-refractivity contribution in [1.29, 1.82) is 0 Å². The Kier molecular flexibility index (Phi) is 3.40. The molecule has 92 valence electrons. The number of hydrogen-bond donors (Lipinski definition) is 2. The summed E-state index contributed by atoms with van der Waals surface area (Å²) >= 11 is 0. The monoisotopic (exact) mass is 236 g/mol. The summed E-state index contributed by atoms with van der Waals surface area (Å²) in [6.07, 6.45) is 3.51. The second-order valence-corrected chi connectivity index (χ2v) is 4.32. The van der Waals surface area contributed by atoms with Gasteiger partial charge in [-0.3, -0.25) is 4.98 Å². The smallest absolute Gasteiger partial charge is 0.339 e. The molecule has 1 aliphatic carbocycles. The number of pyridine rings is 1. The Balaban J connectivity index is 1.92. The zero-order chi connectivity index (χ0) is 12.3. The van der Waals surface area contributed by atoms with Crippen LogP contribution in [-0.2, 0) is 11.3 Å². The standard InChI is InChI=1S/C12H16N2O3/c1-17-11(16)9-2-3-10(13-6-9)7-14-12(8-15)4-5-12/h2-3,6,14-15H,4-5,7-8H2,1H3. The third kappa shape index (κ3) is 2.81. The summed E-state index contributed by atoms with van der Waals surface area (Å²) in [6, 6.07) is 3.47. The fourth-order valence-corrected chi connectivity index (χ4v) is 1.59. The second-order valence-electron chi connectivity index (χ2n) is 4.32. The molecular weight excluding hydrogens is 220 g/mol. The minimum Gasteiger partial charge on any atom is -0.465 e. The lowest BCUT2D eigenvalue weighted by Gasteiger charge is -2.13. The molecule has 1 saturated carbocycles.